The number of nitrogen functional groups attached to an aromatic ring is 1. The number of aliphatic hydroxyl groups is 1. The molecule has 6 N–H and O–H groups in total. The third-order valence-electron chi connectivity index (χ3n) is 4.07. The van der Waals surface area contributed by atoms with Crippen molar-refractivity contribution in [1.29, 1.82) is 0 Å². The molecule has 1 aliphatic heterocycles. The predicted octanol–water partition coefficient (Wildman–Crippen LogP) is -0.408. The van der Waals surface area contributed by atoms with Crippen LogP contribution in [0.15, 0.2) is 12.7 Å². The largest absolute Gasteiger partial charge is 0.480 e. The molecule has 0 spiro atoms. The number of aromatic nitrogens is 4. The standard InChI is InChI=1S/C14H20N6O4S/c15-7(14(22)23)1-2-25-4-9-8(21)3-10(24-9)20-6-19-11-12(16)17-5-18-13(11)20/h5-10,21H,1-4,15H2,(H,22,23)(H2,16,17,18)/t7-,8-,9+,10+/m0/s1. The number of fused-ring (bicyclic) bond motifs is 1. The van der Waals surface area contributed by atoms with E-state index in [1.807, 2.05) is 0 Å². The van der Waals surface area contributed by atoms with Crippen molar-refractivity contribution in [2.75, 3.05) is 17.2 Å². The molecule has 10 nitrogen and oxygen atoms in total. The number of imidazole rings is 1. The van der Waals surface area contributed by atoms with E-state index < -0.39 is 18.1 Å². The van der Waals surface area contributed by atoms with Gasteiger partial charge in [-0.25, -0.2) is 15.0 Å². The Hall–Kier alpha value is -1.95. The van der Waals surface area contributed by atoms with Crippen molar-refractivity contribution in [3.63, 3.8) is 0 Å². The van der Waals surface area contributed by atoms with Gasteiger partial charge in [0.05, 0.1) is 18.5 Å². The molecule has 0 bridgehead atoms. The van der Waals surface area contributed by atoms with Gasteiger partial charge in [-0.15, -0.1) is 0 Å². The number of nitrogens with zero attached hydrogens (tertiary/aromatic N) is 4. The normalized spacial score (nSPS) is 24.6. The fraction of sp³-hybridized carbons (Fsp3) is 0.571. The molecule has 0 radical (unpaired) electrons. The molecule has 25 heavy (non-hydrogen) atoms. The second-order valence-electron chi connectivity index (χ2n) is 5.82. The van der Waals surface area contributed by atoms with Gasteiger partial charge >= 0.3 is 5.97 Å². The summed E-state index contributed by atoms with van der Waals surface area (Å²) in [6.07, 6.45) is 2.36. The SMILES string of the molecule is Nc1ncnc2c1ncn2[C@H]1C[C@H](O)[C@@H](CSCC[C@H](N)C(=O)O)O1. The molecule has 1 aliphatic rings. The quantitative estimate of drug-likeness (QED) is 0.472. The molecule has 3 heterocycles. The summed E-state index contributed by atoms with van der Waals surface area (Å²) in [6.45, 7) is 0. The van der Waals surface area contributed by atoms with Crippen LogP contribution < -0.4 is 11.5 Å². The van der Waals surface area contributed by atoms with E-state index in [9.17, 15) is 9.90 Å². The van der Waals surface area contributed by atoms with Crippen LogP contribution in [0.4, 0.5) is 5.82 Å². The van der Waals surface area contributed by atoms with Gasteiger partial charge in [-0.1, -0.05) is 0 Å². The van der Waals surface area contributed by atoms with Crippen molar-refractivity contribution in [3.8, 4) is 0 Å². The Labute approximate surface area is 147 Å². The summed E-state index contributed by atoms with van der Waals surface area (Å²) < 4.78 is 7.66. The third-order valence-corrected chi connectivity index (χ3v) is 5.16. The van der Waals surface area contributed by atoms with Crippen LogP contribution in [-0.2, 0) is 9.53 Å². The van der Waals surface area contributed by atoms with Crippen molar-refractivity contribution in [3.05, 3.63) is 12.7 Å². The Bertz CT molecular complexity index is 756. The number of hydrogen-bond acceptors (Lipinski definition) is 9. The molecule has 0 unspecified atom stereocenters. The number of ether oxygens (including phenoxy) is 1. The minimum absolute atomic E-state index is 0.296. The number of aliphatic hydroxyl groups excluding tert-OH is 1. The number of thioether (sulfide) groups is 1. The van der Waals surface area contributed by atoms with Gasteiger partial charge in [0.2, 0.25) is 0 Å². The number of carboxylic acids is 1. The number of hydrogen-bond donors (Lipinski definition) is 4. The molecule has 1 fully saturated rings. The topological polar surface area (TPSA) is 162 Å². The van der Waals surface area contributed by atoms with Gasteiger partial charge in [0.15, 0.2) is 11.5 Å². The minimum Gasteiger partial charge on any atom is -0.480 e. The number of rotatable bonds is 7. The molecule has 2 aromatic rings. The van der Waals surface area contributed by atoms with E-state index in [0.29, 0.717) is 41.3 Å². The Morgan fingerprint density at radius 1 is 1.48 bits per heavy atom. The van der Waals surface area contributed by atoms with Gasteiger partial charge < -0.3 is 26.4 Å². The van der Waals surface area contributed by atoms with Crippen LogP contribution in [0.2, 0.25) is 0 Å². The van der Waals surface area contributed by atoms with Crippen molar-refractivity contribution in [1.82, 2.24) is 19.5 Å². The van der Waals surface area contributed by atoms with Gasteiger partial charge in [0.1, 0.15) is 24.1 Å². The van der Waals surface area contributed by atoms with E-state index in [4.69, 9.17) is 21.3 Å². The van der Waals surface area contributed by atoms with Crippen molar-refractivity contribution in [2.24, 2.45) is 5.73 Å². The first-order valence-corrected chi connectivity index (χ1v) is 8.95. The lowest BCUT2D eigenvalue weighted by Crippen LogP contribution is -2.31. The Balaban J connectivity index is 1.58. The molecule has 4 atom stereocenters. The van der Waals surface area contributed by atoms with Crippen molar-refractivity contribution in [2.45, 2.75) is 37.3 Å². The first kappa shape index (κ1) is 17.9. The third kappa shape index (κ3) is 3.84. The number of carbonyl (C=O) groups is 1. The molecular formula is C14H20N6O4S. The highest BCUT2D eigenvalue weighted by Gasteiger charge is 2.35. The summed E-state index contributed by atoms with van der Waals surface area (Å²) in [5.41, 5.74) is 12.3. The van der Waals surface area contributed by atoms with Gasteiger partial charge in [0, 0.05) is 12.2 Å². The molecule has 3 rings (SSSR count). The fourth-order valence-electron chi connectivity index (χ4n) is 2.65. The van der Waals surface area contributed by atoms with E-state index >= 15 is 0 Å². The van der Waals surface area contributed by atoms with Crippen LogP contribution in [0.3, 0.4) is 0 Å². The van der Waals surface area contributed by atoms with Crippen LogP contribution >= 0.6 is 11.8 Å². The minimum atomic E-state index is -1.01. The predicted molar refractivity (Wildman–Crippen MR) is 91.8 cm³/mol. The molecule has 0 saturated carbocycles. The van der Waals surface area contributed by atoms with E-state index in [2.05, 4.69) is 15.0 Å². The fourth-order valence-corrected chi connectivity index (χ4v) is 3.77. The highest BCUT2D eigenvalue weighted by atomic mass is 32.2. The second-order valence-corrected chi connectivity index (χ2v) is 6.97. The average Bonchev–Trinajstić information content (AvgIpc) is 3.16. The van der Waals surface area contributed by atoms with E-state index in [1.165, 1.54) is 18.1 Å². The van der Waals surface area contributed by atoms with Crippen molar-refractivity contribution < 1.29 is 19.7 Å². The first-order chi connectivity index (χ1) is 12.0. The number of nitrogens with two attached hydrogens (primary N) is 2. The second kappa shape index (κ2) is 7.52. The van der Waals surface area contributed by atoms with Crippen molar-refractivity contribution >= 4 is 34.7 Å². The zero-order valence-corrected chi connectivity index (χ0v) is 14.2. The van der Waals surface area contributed by atoms with Gasteiger partial charge in [-0.2, -0.15) is 11.8 Å². The summed E-state index contributed by atoms with van der Waals surface area (Å²) in [4.78, 5) is 23.0. The Kier molecular flexibility index (Phi) is 5.37. The molecular weight excluding hydrogens is 348 g/mol. The number of aliphatic carboxylic acids is 1. The van der Waals surface area contributed by atoms with E-state index in [-0.39, 0.29) is 12.3 Å². The summed E-state index contributed by atoms with van der Waals surface area (Å²) in [5, 5.41) is 19.0. The average molecular weight is 368 g/mol. The maximum Gasteiger partial charge on any atom is 0.320 e. The van der Waals surface area contributed by atoms with Gasteiger partial charge in [-0.05, 0) is 12.2 Å². The molecule has 136 valence electrons. The Morgan fingerprint density at radius 3 is 3.04 bits per heavy atom. The van der Waals surface area contributed by atoms with Crippen LogP contribution in [0.5, 0.6) is 0 Å². The zero-order valence-electron chi connectivity index (χ0n) is 13.4. The monoisotopic (exact) mass is 368 g/mol. The molecule has 0 aromatic carbocycles. The maximum atomic E-state index is 10.7. The summed E-state index contributed by atoms with van der Waals surface area (Å²) in [5.74, 6) is 0.422. The Morgan fingerprint density at radius 2 is 2.28 bits per heavy atom. The summed E-state index contributed by atoms with van der Waals surface area (Å²) >= 11 is 1.51. The van der Waals surface area contributed by atoms with Gasteiger partial charge in [0.25, 0.3) is 0 Å². The molecule has 1 saturated heterocycles. The van der Waals surface area contributed by atoms with Crippen LogP contribution in [-0.4, -0.2) is 65.5 Å². The smallest absolute Gasteiger partial charge is 0.320 e. The first-order valence-electron chi connectivity index (χ1n) is 7.80. The lowest BCUT2D eigenvalue weighted by Gasteiger charge is -2.15. The zero-order chi connectivity index (χ0) is 18.0. The van der Waals surface area contributed by atoms with Crippen LogP contribution in [0, 0.1) is 0 Å². The van der Waals surface area contributed by atoms with Crippen LogP contribution in [0.25, 0.3) is 11.2 Å². The van der Waals surface area contributed by atoms with E-state index in [0.717, 1.165) is 0 Å². The summed E-state index contributed by atoms with van der Waals surface area (Å²) in [7, 11) is 0. The summed E-state index contributed by atoms with van der Waals surface area (Å²) in [6, 6.07) is -0.864. The molecule has 11 heteroatoms. The molecule has 0 amide bonds. The van der Waals surface area contributed by atoms with Gasteiger partial charge in [-0.3, -0.25) is 9.36 Å². The lowest BCUT2D eigenvalue weighted by molar-refractivity contribution is -0.138. The number of carboxylic acid groups (broad SMARTS) is 1. The van der Waals surface area contributed by atoms with E-state index in [1.54, 1.807) is 10.9 Å². The molecule has 0 aliphatic carbocycles. The highest BCUT2D eigenvalue weighted by molar-refractivity contribution is 7.99. The maximum absolute atomic E-state index is 10.7. The highest BCUT2D eigenvalue weighted by Crippen LogP contribution is 2.32. The molecule has 2 aromatic heterocycles. The number of anilines is 1. The lowest BCUT2D eigenvalue weighted by atomic mass is 10.2. The van der Waals surface area contributed by atoms with Crippen LogP contribution in [0.1, 0.15) is 19.1 Å².